The molecular formula is C7H12. The predicted octanol–water partition coefficient (Wildman–Crippen LogP) is 2.06. The van der Waals surface area contributed by atoms with E-state index in [1.54, 1.807) is 0 Å². The maximum Gasteiger partial charge on any atom is -0.0443 e. The normalized spacial score (nSPS) is 18.7. The van der Waals surface area contributed by atoms with Gasteiger partial charge in [0, 0.05) is 0 Å². The van der Waals surface area contributed by atoms with Gasteiger partial charge in [-0.2, -0.15) is 0 Å². The van der Waals surface area contributed by atoms with Crippen LogP contribution in [0.2, 0.25) is 0 Å². The smallest absolute Gasteiger partial charge is 0.0443 e. The van der Waals surface area contributed by atoms with Gasteiger partial charge in [-0.15, -0.1) is 12.8 Å². The molecule has 0 atom stereocenters. The minimum Gasteiger partial charge on any atom is -0.124 e. The van der Waals surface area contributed by atoms with Gasteiger partial charge in [0.1, 0.15) is 0 Å². The molecule has 7 heavy (non-hydrogen) atoms. The molecule has 0 bridgehead atoms. The molecule has 0 radical (unpaired) electrons. The molecule has 1 aliphatic rings. The third kappa shape index (κ3) is 2.28. The van der Waals surface area contributed by atoms with Crippen LogP contribution >= 0.6 is 0 Å². The van der Waals surface area contributed by atoms with Crippen LogP contribution in [0, 0.1) is 18.8 Å². The van der Waals surface area contributed by atoms with Crippen LogP contribution in [0.3, 0.4) is 0 Å². The third-order valence-corrected chi connectivity index (χ3v) is 1.39. The Morgan fingerprint density at radius 2 is 1.57 bits per heavy atom. The molecule has 0 heterocycles. The first-order valence-electron chi connectivity index (χ1n) is 2.73. The third-order valence-electron chi connectivity index (χ3n) is 1.39. The van der Waals surface area contributed by atoms with E-state index in [0.717, 1.165) is 5.92 Å². The fourth-order valence-corrected chi connectivity index (χ4v) is 0.612. The SMILES string of the molecule is C#C.CC1CCC1. The molecule has 0 aromatic carbocycles. The summed E-state index contributed by atoms with van der Waals surface area (Å²) in [6, 6.07) is 0. The Kier molecular flexibility index (Phi) is 3.50. The molecule has 1 saturated carbocycles. The largest absolute Gasteiger partial charge is 0.124 e. The van der Waals surface area contributed by atoms with E-state index in [2.05, 4.69) is 19.8 Å². The number of rotatable bonds is 0. The van der Waals surface area contributed by atoms with Crippen LogP contribution in [0.5, 0.6) is 0 Å². The Balaban J connectivity index is 0.000000162. The molecule has 0 heteroatoms. The molecule has 1 fully saturated rings. The summed E-state index contributed by atoms with van der Waals surface area (Å²) in [6.07, 6.45) is 12.5. The average Bonchev–Trinajstić information content (AvgIpc) is 1.68. The molecule has 0 saturated heterocycles. The lowest BCUT2D eigenvalue weighted by atomic mass is 9.88. The topological polar surface area (TPSA) is 0 Å². The zero-order valence-electron chi connectivity index (χ0n) is 4.85. The molecule has 0 amide bonds. The highest BCUT2D eigenvalue weighted by atomic mass is 14.1. The lowest BCUT2D eigenvalue weighted by Gasteiger charge is -2.18. The molecule has 1 rings (SSSR count). The van der Waals surface area contributed by atoms with Crippen molar-refractivity contribution in [2.24, 2.45) is 5.92 Å². The summed E-state index contributed by atoms with van der Waals surface area (Å²) in [5.74, 6) is 1.06. The predicted molar refractivity (Wildman–Crippen MR) is 32.9 cm³/mol. The van der Waals surface area contributed by atoms with Crippen LogP contribution in [0.1, 0.15) is 26.2 Å². The summed E-state index contributed by atoms with van der Waals surface area (Å²) in [4.78, 5) is 0. The van der Waals surface area contributed by atoms with Crippen LogP contribution in [0.4, 0.5) is 0 Å². The van der Waals surface area contributed by atoms with Crippen molar-refractivity contribution in [3.8, 4) is 12.8 Å². The Morgan fingerprint density at radius 3 is 1.57 bits per heavy atom. The van der Waals surface area contributed by atoms with Crippen molar-refractivity contribution in [1.82, 2.24) is 0 Å². The van der Waals surface area contributed by atoms with Gasteiger partial charge in [-0.05, 0) is 5.92 Å². The van der Waals surface area contributed by atoms with Gasteiger partial charge >= 0.3 is 0 Å². The molecule has 0 N–H and O–H groups in total. The van der Waals surface area contributed by atoms with Gasteiger partial charge in [-0.1, -0.05) is 26.2 Å². The van der Waals surface area contributed by atoms with Crippen LogP contribution in [0.15, 0.2) is 0 Å². The number of terminal acetylenes is 1. The van der Waals surface area contributed by atoms with Crippen molar-refractivity contribution in [3.63, 3.8) is 0 Å². The van der Waals surface area contributed by atoms with Crippen LogP contribution in [-0.4, -0.2) is 0 Å². The maximum atomic E-state index is 4.00. The monoisotopic (exact) mass is 96.1 g/mol. The van der Waals surface area contributed by atoms with E-state index in [1.807, 2.05) is 0 Å². The number of hydrogen-bond acceptors (Lipinski definition) is 0. The van der Waals surface area contributed by atoms with Crippen molar-refractivity contribution in [2.45, 2.75) is 26.2 Å². The molecule has 40 valence electrons. The van der Waals surface area contributed by atoms with Crippen molar-refractivity contribution in [2.75, 3.05) is 0 Å². The fraction of sp³-hybridized carbons (Fsp3) is 0.714. The highest BCUT2D eigenvalue weighted by molar-refractivity contribution is 4.62. The Labute approximate surface area is 45.9 Å². The van der Waals surface area contributed by atoms with Gasteiger partial charge in [0.15, 0.2) is 0 Å². The molecule has 0 aromatic rings. The summed E-state index contributed by atoms with van der Waals surface area (Å²) in [5, 5.41) is 0. The van der Waals surface area contributed by atoms with Gasteiger partial charge in [0.05, 0.1) is 0 Å². The summed E-state index contributed by atoms with van der Waals surface area (Å²) in [7, 11) is 0. The first-order chi connectivity index (χ1) is 3.39. The minimum atomic E-state index is 1.06. The van der Waals surface area contributed by atoms with Crippen LogP contribution in [0.25, 0.3) is 0 Å². The van der Waals surface area contributed by atoms with Gasteiger partial charge in [-0.25, -0.2) is 0 Å². The summed E-state index contributed by atoms with van der Waals surface area (Å²) in [5.41, 5.74) is 0. The van der Waals surface area contributed by atoms with Crippen molar-refractivity contribution in [1.29, 1.82) is 0 Å². The summed E-state index contributed by atoms with van der Waals surface area (Å²) >= 11 is 0. The fourth-order valence-electron chi connectivity index (χ4n) is 0.612. The molecule has 0 unspecified atom stereocenters. The molecule has 0 nitrogen and oxygen atoms in total. The lowest BCUT2D eigenvalue weighted by molar-refractivity contribution is 0.346. The molecule has 0 aliphatic heterocycles. The Bertz CT molecular complexity index is 48.3. The van der Waals surface area contributed by atoms with Gasteiger partial charge in [0.2, 0.25) is 0 Å². The zero-order chi connectivity index (χ0) is 5.70. The van der Waals surface area contributed by atoms with E-state index >= 15 is 0 Å². The second-order valence-electron chi connectivity index (χ2n) is 2.04. The van der Waals surface area contributed by atoms with Gasteiger partial charge in [-0.3, -0.25) is 0 Å². The highest BCUT2D eigenvalue weighted by Gasteiger charge is 2.09. The van der Waals surface area contributed by atoms with Crippen molar-refractivity contribution >= 4 is 0 Å². The van der Waals surface area contributed by atoms with E-state index in [0.29, 0.717) is 0 Å². The van der Waals surface area contributed by atoms with E-state index < -0.39 is 0 Å². The second-order valence-corrected chi connectivity index (χ2v) is 2.04. The molecule has 0 aromatic heterocycles. The number of hydrogen-bond donors (Lipinski definition) is 0. The maximum absolute atomic E-state index is 4.00. The van der Waals surface area contributed by atoms with Crippen molar-refractivity contribution in [3.05, 3.63) is 0 Å². The summed E-state index contributed by atoms with van der Waals surface area (Å²) in [6.45, 7) is 2.31. The quantitative estimate of drug-likeness (QED) is 0.405. The van der Waals surface area contributed by atoms with E-state index in [-0.39, 0.29) is 0 Å². The van der Waals surface area contributed by atoms with Crippen molar-refractivity contribution < 1.29 is 0 Å². The molecular weight excluding hydrogens is 84.1 g/mol. The van der Waals surface area contributed by atoms with Crippen LogP contribution < -0.4 is 0 Å². The standard InChI is InChI=1S/C5H10.C2H2/c1-5-3-2-4-5;1-2/h5H,2-4H2,1H3;1-2H. The highest BCUT2D eigenvalue weighted by Crippen LogP contribution is 2.24. The van der Waals surface area contributed by atoms with Gasteiger partial charge in [0.25, 0.3) is 0 Å². The average molecular weight is 96.2 g/mol. The minimum absolute atomic E-state index is 1.06. The first kappa shape index (κ1) is 6.56. The second kappa shape index (κ2) is 3.74. The zero-order valence-corrected chi connectivity index (χ0v) is 4.85. The first-order valence-corrected chi connectivity index (χ1v) is 2.73. The lowest BCUT2D eigenvalue weighted by Crippen LogP contribution is -2.04. The molecule has 1 aliphatic carbocycles. The van der Waals surface area contributed by atoms with Gasteiger partial charge < -0.3 is 0 Å². The van der Waals surface area contributed by atoms with E-state index in [4.69, 9.17) is 0 Å². The van der Waals surface area contributed by atoms with E-state index in [9.17, 15) is 0 Å². The van der Waals surface area contributed by atoms with E-state index in [1.165, 1.54) is 19.3 Å². The Hall–Kier alpha value is -0.440. The molecule has 0 spiro atoms. The Morgan fingerprint density at radius 1 is 1.29 bits per heavy atom. The van der Waals surface area contributed by atoms with Crippen LogP contribution in [-0.2, 0) is 0 Å². The summed E-state index contributed by atoms with van der Waals surface area (Å²) < 4.78 is 0.